The minimum atomic E-state index is -0.782. The highest BCUT2D eigenvalue weighted by Crippen LogP contribution is 2.17. The molecule has 432 valence electrons. The Labute approximate surface area is 460 Å². The summed E-state index contributed by atoms with van der Waals surface area (Å²) in [5.74, 6) is -0.878. The van der Waals surface area contributed by atoms with Crippen molar-refractivity contribution in [3.8, 4) is 0 Å². The first-order valence-electron chi connectivity index (χ1n) is 32.6. The van der Waals surface area contributed by atoms with Crippen LogP contribution in [0.5, 0.6) is 0 Å². The fourth-order valence-electron chi connectivity index (χ4n) is 9.62. The van der Waals surface area contributed by atoms with Gasteiger partial charge in [-0.25, -0.2) is 0 Å². The summed E-state index contributed by atoms with van der Waals surface area (Å²) in [5, 5.41) is 0. The Morgan fingerprint density at radius 2 is 0.486 bits per heavy atom. The standard InChI is InChI=1S/C68H124O6/c1-4-7-10-13-16-19-22-25-28-31-32-33-34-35-36-38-40-43-46-49-52-55-58-61-67(70)73-64-65(63-72-66(69)60-57-54-51-48-45-42-39-30-27-24-21-18-15-12-9-6-3)74-68(71)62-59-56-53-50-47-44-41-37-29-26-23-20-17-14-11-8-5-2/h17,20-21,24,26,29-30,39,65H,4-16,18-19,22-23,25,27-28,31-38,40-64H2,1-3H3/b20-17-,24-21-,29-26-,39-30-. The van der Waals surface area contributed by atoms with E-state index >= 15 is 0 Å². The first-order valence-corrected chi connectivity index (χ1v) is 32.6. The van der Waals surface area contributed by atoms with Gasteiger partial charge in [0.1, 0.15) is 13.2 Å². The molecule has 6 heteroatoms. The van der Waals surface area contributed by atoms with Crippen LogP contribution in [-0.2, 0) is 28.6 Å². The molecule has 0 aromatic rings. The first kappa shape index (κ1) is 71.4. The van der Waals surface area contributed by atoms with Crippen molar-refractivity contribution in [2.24, 2.45) is 0 Å². The summed E-state index contributed by atoms with van der Waals surface area (Å²) in [4.78, 5) is 38.3. The Morgan fingerprint density at radius 3 is 0.784 bits per heavy atom. The Hall–Kier alpha value is -2.63. The Bertz CT molecular complexity index is 1280. The minimum absolute atomic E-state index is 0.0775. The van der Waals surface area contributed by atoms with Gasteiger partial charge in [-0.05, 0) is 83.5 Å². The number of ether oxygens (including phenoxy) is 3. The van der Waals surface area contributed by atoms with Gasteiger partial charge >= 0.3 is 17.9 Å². The first-order chi connectivity index (χ1) is 36.5. The maximum atomic E-state index is 12.9. The van der Waals surface area contributed by atoms with Crippen molar-refractivity contribution in [3.63, 3.8) is 0 Å². The van der Waals surface area contributed by atoms with Crippen LogP contribution in [0.1, 0.15) is 348 Å². The third-order valence-corrected chi connectivity index (χ3v) is 14.6. The summed E-state index contributed by atoms with van der Waals surface area (Å²) >= 11 is 0. The van der Waals surface area contributed by atoms with E-state index in [2.05, 4.69) is 69.4 Å². The third-order valence-electron chi connectivity index (χ3n) is 14.6. The molecule has 0 aromatic carbocycles. The molecule has 0 rings (SSSR count). The Morgan fingerprint density at radius 1 is 0.270 bits per heavy atom. The van der Waals surface area contributed by atoms with Gasteiger partial charge < -0.3 is 14.2 Å². The minimum Gasteiger partial charge on any atom is -0.462 e. The third kappa shape index (κ3) is 60.2. The number of esters is 3. The SMILES string of the molecule is CCCCC/C=C\C/C=C\CCCCCCCCCC(=O)OC(COC(=O)CCCCCCC/C=C\C/C=C\CCCCCC)COC(=O)CCCCCCCCCCCCCCCCCCCCCCCCC. The van der Waals surface area contributed by atoms with Crippen molar-refractivity contribution in [3.05, 3.63) is 48.6 Å². The molecule has 1 atom stereocenters. The van der Waals surface area contributed by atoms with E-state index < -0.39 is 6.10 Å². The van der Waals surface area contributed by atoms with E-state index in [1.54, 1.807) is 0 Å². The molecule has 0 aliphatic rings. The monoisotopic (exact) mass is 1040 g/mol. The molecule has 0 N–H and O–H groups in total. The van der Waals surface area contributed by atoms with Gasteiger partial charge in [0.15, 0.2) is 6.10 Å². The van der Waals surface area contributed by atoms with Crippen LogP contribution in [0, 0.1) is 0 Å². The summed E-state index contributed by atoms with van der Waals surface area (Å²) in [6, 6.07) is 0. The van der Waals surface area contributed by atoms with Gasteiger partial charge in [-0.1, -0.05) is 294 Å². The largest absolute Gasteiger partial charge is 0.462 e. The van der Waals surface area contributed by atoms with Crippen LogP contribution in [-0.4, -0.2) is 37.2 Å². The summed E-state index contributed by atoms with van der Waals surface area (Å²) in [6.45, 7) is 6.64. The van der Waals surface area contributed by atoms with Crippen LogP contribution in [0.25, 0.3) is 0 Å². The van der Waals surface area contributed by atoms with Crippen molar-refractivity contribution in [1.29, 1.82) is 0 Å². The van der Waals surface area contributed by atoms with Gasteiger partial charge in [0.05, 0.1) is 0 Å². The summed E-state index contributed by atoms with van der Waals surface area (Å²) in [5.41, 5.74) is 0. The topological polar surface area (TPSA) is 78.9 Å². The normalized spacial score (nSPS) is 12.3. The molecule has 6 nitrogen and oxygen atoms in total. The smallest absolute Gasteiger partial charge is 0.306 e. The van der Waals surface area contributed by atoms with Crippen molar-refractivity contribution in [2.75, 3.05) is 13.2 Å². The van der Waals surface area contributed by atoms with Gasteiger partial charge in [-0.2, -0.15) is 0 Å². The van der Waals surface area contributed by atoms with Crippen LogP contribution in [0.4, 0.5) is 0 Å². The maximum Gasteiger partial charge on any atom is 0.306 e. The molecule has 0 aliphatic heterocycles. The highest BCUT2D eigenvalue weighted by atomic mass is 16.6. The Balaban J connectivity index is 4.32. The summed E-state index contributed by atoms with van der Waals surface area (Å²) in [6.07, 6.45) is 78.3. The van der Waals surface area contributed by atoms with E-state index in [4.69, 9.17) is 14.2 Å². The number of unbranched alkanes of at least 4 members (excludes halogenated alkanes) is 41. The molecular formula is C68H124O6. The lowest BCUT2D eigenvalue weighted by molar-refractivity contribution is -0.167. The van der Waals surface area contributed by atoms with E-state index in [0.29, 0.717) is 19.3 Å². The van der Waals surface area contributed by atoms with E-state index in [1.165, 1.54) is 218 Å². The summed E-state index contributed by atoms with van der Waals surface area (Å²) in [7, 11) is 0. The second-order valence-corrected chi connectivity index (χ2v) is 22.0. The zero-order valence-electron chi connectivity index (χ0n) is 49.6. The molecular weight excluding hydrogens is 913 g/mol. The van der Waals surface area contributed by atoms with Gasteiger partial charge in [0.2, 0.25) is 0 Å². The molecule has 0 saturated heterocycles. The molecule has 0 aromatic heterocycles. The molecule has 0 saturated carbocycles. The summed E-state index contributed by atoms with van der Waals surface area (Å²) < 4.78 is 16.9. The number of hydrogen-bond donors (Lipinski definition) is 0. The van der Waals surface area contributed by atoms with E-state index in [0.717, 1.165) is 89.9 Å². The number of hydrogen-bond acceptors (Lipinski definition) is 6. The molecule has 0 fully saturated rings. The lowest BCUT2D eigenvalue weighted by atomic mass is 10.0. The van der Waals surface area contributed by atoms with Gasteiger partial charge in [-0.3, -0.25) is 14.4 Å². The quantitative estimate of drug-likeness (QED) is 0.0261. The lowest BCUT2D eigenvalue weighted by Crippen LogP contribution is -2.30. The second kappa shape index (κ2) is 62.9. The average molecular weight is 1040 g/mol. The van der Waals surface area contributed by atoms with Crippen molar-refractivity contribution < 1.29 is 28.6 Å². The highest BCUT2D eigenvalue weighted by Gasteiger charge is 2.19. The zero-order valence-corrected chi connectivity index (χ0v) is 49.6. The van der Waals surface area contributed by atoms with E-state index in [1.807, 2.05) is 0 Å². The van der Waals surface area contributed by atoms with Gasteiger partial charge in [0.25, 0.3) is 0 Å². The Kier molecular flexibility index (Phi) is 60.7. The van der Waals surface area contributed by atoms with E-state index in [-0.39, 0.29) is 31.1 Å². The molecule has 1 unspecified atom stereocenters. The number of carbonyl (C=O) groups is 3. The number of rotatable bonds is 60. The zero-order chi connectivity index (χ0) is 53.6. The fourth-order valence-corrected chi connectivity index (χ4v) is 9.62. The molecule has 0 radical (unpaired) electrons. The molecule has 0 aliphatic carbocycles. The van der Waals surface area contributed by atoms with E-state index in [9.17, 15) is 14.4 Å². The van der Waals surface area contributed by atoms with Crippen LogP contribution < -0.4 is 0 Å². The number of carbonyl (C=O) groups excluding carboxylic acids is 3. The van der Waals surface area contributed by atoms with Crippen LogP contribution in [0.2, 0.25) is 0 Å². The highest BCUT2D eigenvalue weighted by molar-refractivity contribution is 5.71. The van der Waals surface area contributed by atoms with Crippen molar-refractivity contribution >= 4 is 17.9 Å². The van der Waals surface area contributed by atoms with Crippen LogP contribution >= 0.6 is 0 Å². The van der Waals surface area contributed by atoms with Crippen LogP contribution in [0.15, 0.2) is 48.6 Å². The predicted octanol–water partition coefficient (Wildman–Crippen LogP) is 22.2. The molecule has 0 heterocycles. The number of allylic oxidation sites excluding steroid dienone is 8. The van der Waals surface area contributed by atoms with Crippen molar-refractivity contribution in [2.45, 2.75) is 354 Å². The second-order valence-electron chi connectivity index (χ2n) is 22.0. The predicted molar refractivity (Wildman–Crippen MR) is 321 cm³/mol. The molecule has 0 spiro atoms. The maximum absolute atomic E-state index is 12.9. The van der Waals surface area contributed by atoms with Gasteiger partial charge in [0, 0.05) is 19.3 Å². The fraction of sp³-hybridized carbons (Fsp3) is 0.838. The molecule has 0 bridgehead atoms. The van der Waals surface area contributed by atoms with Gasteiger partial charge in [-0.15, -0.1) is 0 Å². The van der Waals surface area contributed by atoms with Crippen molar-refractivity contribution in [1.82, 2.24) is 0 Å². The molecule has 74 heavy (non-hydrogen) atoms. The molecule has 0 amide bonds. The van der Waals surface area contributed by atoms with Crippen LogP contribution in [0.3, 0.4) is 0 Å². The average Bonchev–Trinajstić information content (AvgIpc) is 3.40. The lowest BCUT2D eigenvalue weighted by Gasteiger charge is -2.18.